The number of rotatable bonds is 6. The van der Waals surface area contributed by atoms with Crippen LogP contribution in [0.1, 0.15) is 10.4 Å². The zero-order valence-corrected chi connectivity index (χ0v) is 19.5. The normalized spacial score (nSPS) is 13.6. The molecule has 0 unspecified atom stereocenters. The predicted octanol–water partition coefficient (Wildman–Crippen LogP) is 5.37. The number of amides is 1. The molecular weight excluding hydrogens is 462 g/mol. The van der Waals surface area contributed by atoms with Crippen molar-refractivity contribution in [3.8, 4) is 5.75 Å². The van der Waals surface area contributed by atoms with E-state index in [1.807, 2.05) is 30.3 Å². The first-order chi connectivity index (χ1) is 15.9. The number of ether oxygens (including phenoxy) is 1. The summed E-state index contributed by atoms with van der Waals surface area (Å²) >= 11 is 7.27. The van der Waals surface area contributed by atoms with Gasteiger partial charge >= 0.3 is 0 Å². The lowest BCUT2D eigenvalue weighted by molar-refractivity contribution is -0.387. The summed E-state index contributed by atoms with van der Waals surface area (Å²) in [6.07, 6.45) is 0. The third-order valence-electron chi connectivity index (χ3n) is 5.43. The minimum atomic E-state index is -0.453. The smallest absolute Gasteiger partial charge is 0.284 e. The third kappa shape index (κ3) is 5.40. The summed E-state index contributed by atoms with van der Waals surface area (Å²) < 4.78 is 5.20. The number of nitro groups is 1. The fraction of sp³-hybridized carbons (Fsp3) is 0.208. The summed E-state index contributed by atoms with van der Waals surface area (Å²) in [5, 5.41) is 12.3. The fourth-order valence-corrected chi connectivity index (χ4v) is 4.90. The van der Waals surface area contributed by atoms with Crippen LogP contribution in [0, 0.1) is 10.1 Å². The molecule has 0 radical (unpaired) electrons. The van der Waals surface area contributed by atoms with Gasteiger partial charge in [0.1, 0.15) is 5.75 Å². The van der Waals surface area contributed by atoms with Gasteiger partial charge in [-0.15, -0.1) is 0 Å². The van der Waals surface area contributed by atoms with Crippen LogP contribution in [0.4, 0.5) is 11.4 Å². The number of nitro benzene ring substituents is 1. The molecule has 0 aliphatic carbocycles. The van der Waals surface area contributed by atoms with Crippen molar-refractivity contribution in [1.82, 2.24) is 4.90 Å². The topological polar surface area (TPSA) is 75.9 Å². The summed E-state index contributed by atoms with van der Waals surface area (Å²) in [4.78, 5) is 29.5. The summed E-state index contributed by atoms with van der Waals surface area (Å²) in [5.74, 6) is 0.595. The summed E-state index contributed by atoms with van der Waals surface area (Å²) in [7, 11) is 1.63. The molecule has 1 amide bonds. The van der Waals surface area contributed by atoms with Crippen LogP contribution in [0.15, 0.2) is 76.5 Å². The Morgan fingerprint density at radius 2 is 1.76 bits per heavy atom. The van der Waals surface area contributed by atoms with Gasteiger partial charge in [-0.25, -0.2) is 0 Å². The molecule has 0 N–H and O–H groups in total. The molecule has 0 spiro atoms. The average Bonchev–Trinajstić information content (AvgIpc) is 2.84. The van der Waals surface area contributed by atoms with Crippen molar-refractivity contribution in [2.45, 2.75) is 9.79 Å². The number of carbonyl (C=O) groups is 1. The zero-order chi connectivity index (χ0) is 23.4. The quantitative estimate of drug-likeness (QED) is 0.346. The maximum absolute atomic E-state index is 13.1. The molecule has 1 aliphatic heterocycles. The first kappa shape index (κ1) is 22.9. The summed E-state index contributed by atoms with van der Waals surface area (Å²) in [6.45, 7) is 2.45. The van der Waals surface area contributed by atoms with E-state index in [1.165, 1.54) is 17.8 Å². The predicted molar refractivity (Wildman–Crippen MR) is 130 cm³/mol. The van der Waals surface area contributed by atoms with Crippen LogP contribution in [0.2, 0.25) is 5.02 Å². The van der Waals surface area contributed by atoms with Crippen molar-refractivity contribution in [2.75, 3.05) is 38.2 Å². The van der Waals surface area contributed by atoms with Crippen molar-refractivity contribution in [2.24, 2.45) is 0 Å². The summed E-state index contributed by atoms with van der Waals surface area (Å²) in [6, 6.07) is 19.6. The number of hydrogen-bond acceptors (Lipinski definition) is 6. The Kier molecular flexibility index (Phi) is 7.05. The molecule has 1 heterocycles. The van der Waals surface area contributed by atoms with Gasteiger partial charge in [0.05, 0.1) is 16.9 Å². The highest BCUT2D eigenvalue weighted by atomic mass is 35.5. The first-order valence-electron chi connectivity index (χ1n) is 10.3. The molecule has 0 atom stereocenters. The molecule has 0 aromatic heterocycles. The molecule has 3 aromatic carbocycles. The van der Waals surface area contributed by atoms with E-state index in [2.05, 4.69) is 4.90 Å². The van der Waals surface area contributed by atoms with Gasteiger partial charge in [0.25, 0.3) is 11.6 Å². The minimum absolute atomic E-state index is 0.0947. The van der Waals surface area contributed by atoms with Gasteiger partial charge < -0.3 is 14.5 Å². The number of benzene rings is 3. The maximum atomic E-state index is 13.1. The van der Waals surface area contributed by atoms with Crippen LogP contribution >= 0.6 is 23.4 Å². The van der Waals surface area contributed by atoms with E-state index >= 15 is 0 Å². The van der Waals surface area contributed by atoms with E-state index in [-0.39, 0.29) is 11.6 Å². The second-order valence-corrected chi connectivity index (χ2v) is 9.03. The Labute approximate surface area is 201 Å². The van der Waals surface area contributed by atoms with E-state index in [9.17, 15) is 14.9 Å². The molecule has 1 fully saturated rings. The molecule has 7 nitrogen and oxygen atoms in total. The van der Waals surface area contributed by atoms with Gasteiger partial charge in [-0.1, -0.05) is 29.4 Å². The molecule has 1 aliphatic rings. The Morgan fingerprint density at radius 1 is 1.03 bits per heavy atom. The molecule has 170 valence electrons. The number of anilines is 1. The fourth-order valence-electron chi connectivity index (χ4n) is 3.68. The van der Waals surface area contributed by atoms with Gasteiger partial charge in [0, 0.05) is 53.4 Å². The molecule has 0 saturated carbocycles. The van der Waals surface area contributed by atoms with Crippen LogP contribution in [0.3, 0.4) is 0 Å². The van der Waals surface area contributed by atoms with Crippen LogP contribution in [-0.4, -0.2) is 49.0 Å². The Bertz CT molecular complexity index is 1160. The monoisotopic (exact) mass is 483 g/mol. The molecule has 3 aromatic rings. The molecular formula is C24H22ClN3O4S. The minimum Gasteiger partial charge on any atom is -0.497 e. The molecule has 1 saturated heterocycles. The van der Waals surface area contributed by atoms with Crippen LogP contribution in [0.25, 0.3) is 0 Å². The Balaban J connectivity index is 1.45. The maximum Gasteiger partial charge on any atom is 0.284 e. The standard InChI is InChI=1S/C24H22ClN3O4S/c1-32-20-8-6-19(7-9-20)26-11-13-27(14-12-26)24(29)17-5-10-23(22(15-17)28(30)31)33-21-4-2-3-18(25)16-21/h2-10,15-16H,11-14H2,1H3. The van der Waals surface area contributed by atoms with Crippen molar-refractivity contribution in [1.29, 1.82) is 0 Å². The van der Waals surface area contributed by atoms with Gasteiger partial charge in [0.2, 0.25) is 0 Å². The number of methoxy groups -OCH3 is 1. The lowest BCUT2D eigenvalue weighted by Gasteiger charge is -2.36. The average molecular weight is 484 g/mol. The second-order valence-electron chi connectivity index (χ2n) is 7.48. The van der Waals surface area contributed by atoms with Gasteiger partial charge in [-0.05, 0) is 54.6 Å². The molecule has 4 rings (SSSR count). The highest BCUT2D eigenvalue weighted by molar-refractivity contribution is 7.99. The van der Waals surface area contributed by atoms with E-state index in [0.29, 0.717) is 41.7 Å². The number of halogens is 1. The van der Waals surface area contributed by atoms with Crippen molar-refractivity contribution in [3.05, 3.63) is 87.4 Å². The van der Waals surface area contributed by atoms with Crippen LogP contribution in [0.5, 0.6) is 5.75 Å². The lowest BCUT2D eigenvalue weighted by Crippen LogP contribution is -2.48. The largest absolute Gasteiger partial charge is 0.497 e. The molecule has 9 heteroatoms. The van der Waals surface area contributed by atoms with E-state index in [0.717, 1.165) is 16.3 Å². The zero-order valence-electron chi connectivity index (χ0n) is 17.9. The number of carbonyl (C=O) groups excluding carboxylic acids is 1. The van der Waals surface area contributed by atoms with Crippen molar-refractivity contribution < 1.29 is 14.5 Å². The van der Waals surface area contributed by atoms with E-state index < -0.39 is 4.92 Å². The van der Waals surface area contributed by atoms with Gasteiger partial charge in [-0.3, -0.25) is 14.9 Å². The Hall–Kier alpha value is -3.23. The van der Waals surface area contributed by atoms with Gasteiger partial charge in [0.15, 0.2) is 0 Å². The van der Waals surface area contributed by atoms with Crippen molar-refractivity contribution in [3.63, 3.8) is 0 Å². The third-order valence-corrected chi connectivity index (χ3v) is 6.72. The number of hydrogen-bond donors (Lipinski definition) is 0. The van der Waals surface area contributed by atoms with E-state index in [1.54, 1.807) is 42.3 Å². The number of piperazine rings is 1. The van der Waals surface area contributed by atoms with Crippen LogP contribution < -0.4 is 9.64 Å². The highest BCUT2D eigenvalue weighted by Crippen LogP contribution is 2.36. The summed E-state index contributed by atoms with van der Waals surface area (Å²) in [5.41, 5.74) is 1.29. The second kappa shape index (κ2) is 10.1. The first-order valence-corrected chi connectivity index (χ1v) is 11.5. The highest BCUT2D eigenvalue weighted by Gasteiger charge is 2.25. The van der Waals surface area contributed by atoms with Crippen LogP contribution in [-0.2, 0) is 0 Å². The Morgan fingerprint density at radius 3 is 2.39 bits per heavy atom. The van der Waals surface area contributed by atoms with Crippen molar-refractivity contribution >= 4 is 40.6 Å². The van der Waals surface area contributed by atoms with E-state index in [4.69, 9.17) is 16.3 Å². The molecule has 0 bridgehead atoms. The molecule has 33 heavy (non-hydrogen) atoms. The lowest BCUT2D eigenvalue weighted by atomic mass is 10.1. The SMILES string of the molecule is COc1ccc(N2CCN(C(=O)c3ccc(Sc4cccc(Cl)c4)c([N+](=O)[O-])c3)CC2)cc1. The van der Waals surface area contributed by atoms with Gasteiger partial charge in [-0.2, -0.15) is 0 Å². The number of nitrogens with zero attached hydrogens (tertiary/aromatic N) is 3.